The lowest BCUT2D eigenvalue weighted by atomic mass is 10.1. The third kappa shape index (κ3) is 3.55. The van der Waals surface area contributed by atoms with Crippen molar-refractivity contribution in [2.24, 2.45) is 0 Å². The van der Waals surface area contributed by atoms with Gasteiger partial charge in [-0.1, -0.05) is 25.0 Å². The van der Waals surface area contributed by atoms with Crippen LogP contribution in [-0.4, -0.2) is 26.5 Å². The largest absolute Gasteiger partial charge is 0.481 e. The quantitative estimate of drug-likeness (QED) is 0.632. The van der Waals surface area contributed by atoms with Gasteiger partial charge in [0.1, 0.15) is 0 Å². The smallest absolute Gasteiger partial charge is 0.326 e. The molecule has 28 heavy (non-hydrogen) atoms. The van der Waals surface area contributed by atoms with Crippen LogP contribution in [0.1, 0.15) is 47.6 Å². The third-order valence-electron chi connectivity index (χ3n) is 5.24. The molecule has 2 aromatic carbocycles. The zero-order valence-corrected chi connectivity index (χ0v) is 15.3. The summed E-state index contributed by atoms with van der Waals surface area (Å²) in [6, 6.07) is 12.1. The summed E-state index contributed by atoms with van der Waals surface area (Å²) in [5, 5.41) is 11.6. The van der Waals surface area contributed by atoms with Crippen LogP contribution in [0, 0.1) is 0 Å². The molecule has 3 aromatic rings. The number of imidazole rings is 1. The normalized spacial score (nSPS) is 14.4. The number of nitrogens with zero attached hydrogens (tertiary/aromatic N) is 1. The van der Waals surface area contributed by atoms with Gasteiger partial charge in [-0.15, -0.1) is 0 Å². The Morgan fingerprint density at radius 2 is 1.82 bits per heavy atom. The van der Waals surface area contributed by atoms with Gasteiger partial charge in [-0.2, -0.15) is 0 Å². The molecule has 1 heterocycles. The molecule has 3 N–H and O–H groups in total. The molecule has 1 aliphatic rings. The number of aliphatic carboxylic acids is 1. The molecule has 7 heteroatoms. The van der Waals surface area contributed by atoms with Gasteiger partial charge in [0.05, 0.1) is 17.5 Å². The zero-order chi connectivity index (χ0) is 19.7. The predicted octanol–water partition coefficient (Wildman–Crippen LogP) is 3.32. The highest BCUT2D eigenvalue weighted by Gasteiger charge is 2.21. The highest BCUT2D eigenvalue weighted by atomic mass is 16.4. The number of anilines is 1. The van der Waals surface area contributed by atoms with E-state index in [0.29, 0.717) is 22.3 Å². The number of fused-ring (bicyclic) bond motifs is 1. The van der Waals surface area contributed by atoms with Crippen molar-refractivity contribution in [3.8, 4) is 0 Å². The van der Waals surface area contributed by atoms with E-state index in [-0.39, 0.29) is 24.1 Å². The van der Waals surface area contributed by atoms with Crippen LogP contribution in [0.15, 0.2) is 47.3 Å². The number of carboxylic acids is 1. The Kier molecular flexibility index (Phi) is 4.73. The molecule has 1 aliphatic carbocycles. The Balaban J connectivity index is 1.54. The fourth-order valence-electron chi connectivity index (χ4n) is 3.88. The number of aromatic nitrogens is 2. The van der Waals surface area contributed by atoms with E-state index in [0.717, 1.165) is 31.2 Å². The molecule has 0 aliphatic heterocycles. The fraction of sp³-hybridized carbons (Fsp3) is 0.286. The Labute approximate surface area is 161 Å². The minimum atomic E-state index is -0.899. The monoisotopic (exact) mass is 379 g/mol. The maximum Gasteiger partial charge on any atom is 0.326 e. The number of aromatic amines is 1. The lowest BCUT2D eigenvalue weighted by Gasteiger charge is -2.11. The maximum absolute atomic E-state index is 12.6. The number of hydrogen-bond donors (Lipinski definition) is 3. The first-order valence-electron chi connectivity index (χ1n) is 9.37. The molecular formula is C21H21N3O4. The first-order valence-corrected chi connectivity index (χ1v) is 9.37. The summed E-state index contributed by atoms with van der Waals surface area (Å²) in [4.78, 5) is 38.5. The molecule has 0 unspecified atom stereocenters. The molecule has 4 rings (SSSR count). The highest BCUT2D eigenvalue weighted by Crippen LogP contribution is 2.30. The molecule has 7 nitrogen and oxygen atoms in total. The van der Waals surface area contributed by atoms with Crippen molar-refractivity contribution in [1.29, 1.82) is 0 Å². The van der Waals surface area contributed by atoms with E-state index in [1.165, 1.54) is 0 Å². The average Bonchev–Trinajstić information content (AvgIpc) is 3.28. The van der Waals surface area contributed by atoms with Crippen molar-refractivity contribution in [2.45, 2.75) is 38.1 Å². The Hall–Kier alpha value is -3.35. The average molecular weight is 379 g/mol. The van der Waals surface area contributed by atoms with Crippen molar-refractivity contribution in [3.63, 3.8) is 0 Å². The van der Waals surface area contributed by atoms with Crippen LogP contribution in [-0.2, 0) is 11.2 Å². The Bertz CT molecular complexity index is 1090. The van der Waals surface area contributed by atoms with E-state index in [9.17, 15) is 14.4 Å². The Morgan fingerprint density at radius 3 is 2.50 bits per heavy atom. The fourth-order valence-corrected chi connectivity index (χ4v) is 3.88. The number of carbonyl (C=O) groups excluding carboxylic acids is 1. The van der Waals surface area contributed by atoms with Gasteiger partial charge < -0.3 is 15.4 Å². The Morgan fingerprint density at radius 1 is 1.11 bits per heavy atom. The van der Waals surface area contributed by atoms with Crippen LogP contribution in [0.4, 0.5) is 5.69 Å². The number of hydrogen-bond acceptors (Lipinski definition) is 3. The summed E-state index contributed by atoms with van der Waals surface area (Å²) in [6.07, 6.45) is 4.22. The second-order valence-corrected chi connectivity index (χ2v) is 7.19. The molecule has 0 atom stereocenters. The minimum Gasteiger partial charge on any atom is -0.481 e. The molecule has 1 fully saturated rings. The van der Waals surface area contributed by atoms with E-state index in [2.05, 4.69) is 10.3 Å². The van der Waals surface area contributed by atoms with Gasteiger partial charge >= 0.3 is 11.7 Å². The number of benzene rings is 2. The van der Waals surface area contributed by atoms with Gasteiger partial charge in [0.2, 0.25) is 0 Å². The highest BCUT2D eigenvalue weighted by molar-refractivity contribution is 6.05. The number of carbonyl (C=O) groups is 2. The molecule has 0 bridgehead atoms. The summed E-state index contributed by atoms with van der Waals surface area (Å²) in [7, 11) is 0. The van der Waals surface area contributed by atoms with Crippen LogP contribution in [0.3, 0.4) is 0 Å². The topological polar surface area (TPSA) is 104 Å². The van der Waals surface area contributed by atoms with Crippen molar-refractivity contribution in [1.82, 2.24) is 9.55 Å². The van der Waals surface area contributed by atoms with Gasteiger partial charge in [0.15, 0.2) is 0 Å². The van der Waals surface area contributed by atoms with Crippen molar-refractivity contribution >= 4 is 28.6 Å². The van der Waals surface area contributed by atoms with Crippen LogP contribution >= 0.6 is 0 Å². The molecule has 144 valence electrons. The molecule has 0 saturated heterocycles. The summed E-state index contributed by atoms with van der Waals surface area (Å²) >= 11 is 0. The maximum atomic E-state index is 12.6. The predicted molar refractivity (Wildman–Crippen MR) is 106 cm³/mol. The van der Waals surface area contributed by atoms with Gasteiger partial charge in [-0.05, 0) is 48.7 Å². The number of rotatable bonds is 5. The van der Waals surface area contributed by atoms with Gasteiger partial charge in [0, 0.05) is 17.3 Å². The third-order valence-corrected chi connectivity index (χ3v) is 5.24. The van der Waals surface area contributed by atoms with Crippen LogP contribution in [0.5, 0.6) is 0 Å². The van der Waals surface area contributed by atoms with E-state index in [4.69, 9.17) is 5.11 Å². The van der Waals surface area contributed by atoms with Crippen LogP contribution in [0.2, 0.25) is 0 Å². The van der Waals surface area contributed by atoms with E-state index in [1.54, 1.807) is 36.4 Å². The first kappa shape index (κ1) is 18.0. The van der Waals surface area contributed by atoms with Crippen LogP contribution < -0.4 is 11.0 Å². The van der Waals surface area contributed by atoms with Gasteiger partial charge in [-0.25, -0.2) is 4.79 Å². The number of carboxylic acid groups (broad SMARTS) is 1. The second-order valence-electron chi connectivity index (χ2n) is 7.19. The molecule has 1 amide bonds. The van der Waals surface area contributed by atoms with Crippen LogP contribution in [0.25, 0.3) is 11.0 Å². The van der Waals surface area contributed by atoms with Crippen molar-refractivity contribution in [3.05, 3.63) is 64.1 Å². The summed E-state index contributed by atoms with van der Waals surface area (Å²) in [5.74, 6) is -1.19. The minimum absolute atomic E-state index is 0.0593. The van der Waals surface area contributed by atoms with Crippen molar-refractivity contribution in [2.75, 3.05) is 5.32 Å². The summed E-state index contributed by atoms with van der Waals surface area (Å²) < 4.78 is 1.81. The molecule has 1 saturated carbocycles. The van der Waals surface area contributed by atoms with E-state index >= 15 is 0 Å². The first-order chi connectivity index (χ1) is 13.5. The number of H-pyrrole nitrogens is 1. The zero-order valence-electron chi connectivity index (χ0n) is 15.3. The SMILES string of the molecule is O=C(O)Cc1ccc(NC(=O)c2ccc3c(c2)[nH]c(=O)n3C2CCCC2)cc1. The lowest BCUT2D eigenvalue weighted by Crippen LogP contribution is -2.20. The number of amides is 1. The number of nitrogens with one attached hydrogen (secondary N) is 2. The summed E-state index contributed by atoms with van der Waals surface area (Å²) in [5.41, 5.74) is 3.04. The molecule has 1 aromatic heterocycles. The van der Waals surface area contributed by atoms with E-state index < -0.39 is 5.97 Å². The van der Waals surface area contributed by atoms with E-state index in [1.807, 2.05) is 10.6 Å². The molecule has 0 radical (unpaired) electrons. The molecular weight excluding hydrogens is 358 g/mol. The molecule has 0 spiro atoms. The summed E-state index contributed by atoms with van der Waals surface area (Å²) in [6.45, 7) is 0. The van der Waals surface area contributed by atoms with Gasteiger partial charge in [0.25, 0.3) is 5.91 Å². The second kappa shape index (κ2) is 7.34. The standard InChI is InChI=1S/C21H21N3O4/c25-19(26)11-13-5-8-15(9-6-13)22-20(27)14-7-10-18-17(12-14)23-21(28)24(18)16-3-1-2-4-16/h5-10,12,16H,1-4,11H2,(H,22,27)(H,23,28)(H,25,26). The van der Waals surface area contributed by atoms with Gasteiger partial charge in [-0.3, -0.25) is 14.2 Å². The van der Waals surface area contributed by atoms with Crippen molar-refractivity contribution < 1.29 is 14.7 Å². The lowest BCUT2D eigenvalue weighted by molar-refractivity contribution is -0.136.